The van der Waals surface area contributed by atoms with E-state index in [1.54, 1.807) is 0 Å². The van der Waals surface area contributed by atoms with Crippen molar-refractivity contribution in [3.63, 3.8) is 0 Å². The van der Waals surface area contributed by atoms with Crippen LogP contribution < -0.4 is 0 Å². The van der Waals surface area contributed by atoms with Gasteiger partial charge in [-0.1, -0.05) is 25.6 Å². The molecule has 0 aromatic carbocycles. The highest BCUT2D eigenvalue weighted by molar-refractivity contribution is 6.24. The Kier molecular flexibility index (Phi) is 6.99. The molecule has 6 radical (unpaired) electrons. The lowest BCUT2D eigenvalue weighted by molar-refractivity contribution is -0.137. The molecule has 90 valence electrons. The van der Waals surface area contributed by atoms with Crippen molar-refractivity contribution in [3.8, 4) is 0 Å². The fourth-order valence-corrected chi connectivity index (χ4v) is 1.67. The molecule has 0 amide bonds. The van der Waals surface area contributed by atoms with Crippen molar-refractivity contribution in [3.05, 3.63) is 0 Å². The lowest BCUT2D eigenvalue weighted by Crippen LogP contribution is -2.50. The summed E-state index contributed by atoms with van der Waals surface area (Å²) in [6.45, 7) is 6.07. The molecule has 0 bridgehead atoms. The smallest absolute Gasteiger partial charge is 0.302 e. The second-order valence-electron chi connectivity index (χ2n) is 5.08. The maximum atomic E-state index is 10.6. The molecule has 0 spiro atoms. The highest BCUT2D eigenvalue weighted by atomic mass is 16.4. The van der Waals surface area contributed by atoms with Crippen LogP contribution in [0.25, 0.3) is 0 Å². The molecular formula is C11H20B3NO2. The van der Waals surface area contributed by atoms with E-state index in [0.29, 0.717) is 0 Å². The number of carboxylic acid groups (broad SMARTS) is 1. The van der Waals surface area contributed by atoms with Gasteiger partial charge in [0.15, 0.2) is 7.98 Å². The number of carbonyl (C=O) groups is 1. The first-order valence-electron chi connectivity index (χ1n) is 5.99. The van der Waals surface area contributed by atoms with Crippen LogP contribution in [0.5, 0.6) is 0 Å². The summed E-state index contributed by atoms with van der Waals surface area (Å²) in [7, 11) is 17.5. The minimum Gasteiger partial charge on any atom is -0.481 e. The average molecular weight is 231 g/mol. The SMILES string of the molecule is [B]C(CC(=O)O)C([B])N([B])C(C)(C)CCCC. The van der Waals surface area contributed by atoms with Gasteiger partial charge in [-0.2, -0.15) is 0 Å². The molecule has 0 aromatic rings. The molecule has 0 heterocycles. The number of hydrogen-bond donors (Lipinski definition) is 1. The molecule has 6 heteroatoms. The lowest BCUT2D eigenvalue weighted by atomic mass is 9.66. The zero-order chi connectivity index (χ0) is 13.6. The molecular weight excluding hydrogens is 211 g/mol. The van der Waals surface area contributed by atoms with Gasteiger partial charge in [-0.15, -0.1) is 0 Å². The Balaban J connectivity index is 4.45. The van der Waals surface area contributed by atoms with Crippen LogP contribution in [0.3, 0.4) is 0 Å². The minimum atomic E-state index is -0.965. The molecule has 0 aliphatic heterocycles. The van der Waals surface area contributed by atoms with E-state index in [4.69, 9.17) is 28.8 Å². The van der Waals surface area contributed by atoms with Crippen molar-refractivity contribution < 1.29 is 9.90 Å². The Morgan fingerprint density at radius 3 is 2.35 bits per heavy atom. The monoisotopic (exact) mass is 231 g/mol. The quantitative estimate of drug-likeness (QED) is 0.639. The Morgan fingerprint density at radius 1 is 1.41 bits per heavy atom. The Labute approximate surface area is 109 Å². The molecule has 0 rings (SSSR count). The van der Waals surface area contributed by atoms with Gasteiger partial charge in [0, 0.05) is 12.0 Å². The first-order valence-corrected chi connectivity index (χ1v) is 5.99. The van der Waals surface area contributed by atoms with E-state index < -0.39 is 17.7 Å². The zero-order valence-electron chi connectivity index (χ0n) is 11.0. The van der Waals surface area contributed by atoms with Gasteiger partial charge in [-0.3, -0.25) is 4.79 Å². The van der Waals surface area contributed by atoms with Gasteiger partial charge < -0.3 is 9.92 Å². The lowest BCUT2D eigenvalue weighted by Gasteiger charge is -2.43. The summed E-state index contributed by atoms with van der Waals surface area (Å²) in [5, 5.41) is 8.66. The topological polar surface area (TPSA) is 40.5 Å². The largest absolute Gasteiger partial charge is 0.481 e. The fraction of sp³-hybridized carbons (Fsp3) is 0.909. The summed E-state index contributed by atoms with van der Waals surface area (Å²) in [6, 6.07) is 0. The maximum absolute atomic E-state index is 10.6. The summed E-state index contributed by atoms with van der Waals surface area (Å²) in [6.07, 6.45) is 2.83. The molecule has 17 heavy (non-hydrogen) atoms. The predicted octanol–water partition coefficient (Wildman–Crippen LogP) is 1.27. The highest BCUT2D eigenvalue weighted by Gasteiger charge is 2.28. The summed E-state index contributed by atoms with van der Waals surface area (Å²) < 4.78 is 0. The van der Waals surface area contributed by atoms with Crippen LogP contribution in [-0.2, 0) is 4.79 Å². The predicted molar refractivity (Wildman–Crippen MR) is 72.5 cm³/mol. The van der Waals surface area contributed by atoms with E-state index in [2.05, 4.69) is 6.92 Å². The van der Waals surface area contributed by atoms with Crippen LogP contribution in [0.2, 0.25) is 5.82 Å². The molecule has 2 atom stereocenters. The molecule has 2 unspecified atom stereocenters. The van der Waals surface area contributed by atoms with Crippen molar-refractivity contribution >= 4 is 29.6 Å². The summed E-state index contributed by atoms with van der Waals surface area (Å²) in [5.41, 5.74) is -0.286. The summed E-state index contributed by atoms with van der Waals surface area (Å²) in [4.78, 5) is 12.0. The zero-order valence-corrected chi connectivity index (χ0v) is 11.0. The van der Waals surface area contributed by atoms with Crippen molar-refractivity contribution in [1.29, 1.82) is 0 Å². The standard InChI is InChI=1S/C11H20B3NO2/c1-4-5-6-11(2,3)15(14)10(13)8(12)7-9(16)17/h8,10H,4-7H2,1-3H3,(H,16,17). The van der Waals surface area contributed by atoms with Gasteiger partial charge in [-0.25, -0.2) is 0 Å². The third-order valence-corrected chi connectivity index (χ3v) is 3.01. The summed E-state index contributed by atoms with van der Waals surface area (Å²) in [5.74, 6) is -2.29. The van der Waals surface area contributed by atoms with E-state index in [1.165, 1.54) is 4.81 Å². The van der Waals surface area contributed by atoms with Gasteiger partial charge in [0.05, 0.1) is 15.7 Å². The number of rotatable bonds is 8. The first-order chi connectivity index (χ1) is 7.72. The number of carboxylic acids is 1. The van der Waals surface area contributed by atoms with Crippen molar-refractivity contribution in [2.75, 3.05) is 0 Å². The van der Waals surface area contributed by atoms with Gasteiger partial charge in [-0.05, 0) is 26.2 Å². The van der Waals surface area contributed by atoms with E-state index in [9.17, 15) is 4.79 Å². The Morgan fingerprint density at radius 2 is 1.94 bits per heavy atom. The second kappa shape index (κ2) is 7.15. The molecule has 0 aliphatic rings. The Bertz CT molecular complexity index is 249. The third kappa shape index (κ3) is 5.67. The van der Waals surface area contributed by atoms with E-state index >= 15 is 0 Å². The second-order valence-corrected chi connectivity index (χ2v) is 5.08. The van der Waals surface area contributed by atoms with Crippen molar-refractivity contribution in [1.82, 2.24) is 4.81 Å². The number of hydrogen-bond acceptors (Lipinski definition) is 2. The normalized spacial score (nSPS) is 15.8. The van der Waals surface area contributed by atoms with Gasteiger partial charge in [0.2, 0.25) is 0 Å². The van der Waals surface area contributed by atoms with Gasteiger partial charge >= 0.3 is 5.97 Å². The van der Waals surface area contributed by atoms with Crippen LogP contribution in [-0.4, -0.2) is 51.0 Å². The Hall–Kier alpha value is -0.375. The van der Waals surface area contributed by atoms with Crippen LogP contribution >= 0.6 is 0 Å². The van der Waals surface area contributed by atoms with Crippen molar-refractivity contribution in [2.24, 2.45) is 0 Å². The number of unbranched alkanes of at least 4 members (excludes halogenated alkanes) is 1. The number of aliphatic carboxylic acids is 1. The highest BCUT2D eigenvalue weighted by Crippen LogP contribution is 2.25. The van der Waals surface area contributed by atoms with E-state index in [0.717, 1.165) is 19.3 Å². The van der Waals surface area contributed by atoms with Gasteiger partial charge in [0.25, 0.3) is 0 Å². The molecule has 0 fully saturated rings. The van der Waals surface area contributed by atoms with Crippen LogP contribution in [0.1, 0.15) is 46.5 Å². The molecule has 0 aromatic heterocycles. The number of nitrogens with zero attached hydrogens (tertiary/aromatic N) is 1. The van der Waals surface area contributed by atoms with Crippen LogP contribution in [0, 0.1) is 0 Å². The molecule has 0 saturated carbocycles. The molecule has 0 saturated heterocycles. The fourth-order valence-electron chi connectivity index (χ4n) is 1.67. The van der Waals surface area contributed by atoms with E-state index in [1.807, 2.05) is 13.8 Å². The minimum absolute atomic E-state index is 0.182. The van der Waals surface area contributed by atoms with Crippen LogP contribution in [0.4, 0.5) is 0 Å². The summed E-state index contributed by atoms with van der Waals surface area (Å²) >= 11 is 0. The van der Waals surface area contributed by atoms with Crippen LogP contribution in [0.15, 0.2) is 0 Å². The molecule has 0 aliphatic carbocycles. The third-order valence-electron chi connectivity index (χ3n) is 3.01. The molecule has 3 nitrogen and oxygen atoms in total. The average Bonchev–Trinajstić information content (AvgIpc) is 2.23. The van der Waals surface area contributed by atoms with Gasteiger partial charge in [0.1, 0.15) is 0 Å². The first kappa shape index (κ1) is 16.6. The molecule has 1 N–H and O–H groups in total. The van der Waals surface area contributed by atoms with E-state index in [-0.39, 0.29) is 12.0 Å². The van der Waals surface area contributed by atoms with Crippen molar-refractivity contribution in [2.45, 2.75) is 63.8 Å². The maximum Gasteiger partial charge on any atom is 0.302 e.